The van der Waals surface area contributed by atoms with Gasteiger partial charge in [0.2, 0.25) is 0 Å². The van der Waals surface area contributed by atoms with E-state index in [1.165, 1.54) is 17.8 Å². The van der Waals surface area contributed by atoms with Crippen molar-refractivity contribution in [3.05, 3.63) is 17.5 Å². The summed E-state index contributed by atoms with van der Waals surface area (Å²) in [5, 5.41) is 8.09. The first kappa shape index (κ1) is 15.2. The van der Waals surface area contributed by atoms with E-state index < -0.39 is 0 Å². The molecule has 3 heteroatoms. The lowest BCUT2D eigenvalue weighted by Gasteiger charge is -2.14. The van der Waals surface area contributed by atoms with Crippen LogP contribution >= 0.6 is 0 Å². The molecule has 0 aromatic carbocycles. The highest BCUT2D eigenvalue weighted by molar-refractivity contribution is 5.11. The number of aryl methyl sites for hydroxylation is 2. The van der Waals surface area contributed by atoms with Gasteiger partial charge in [-0.1, -0.05) is 27.7 Å². The predicted octanol–water partition coefficient (Wildman–Crippen LogP) is 3.03. The van der Waals surface area contributed by atoms with E-state index in [0.717, 1.165) is 25.9 Å². The van der Waals surface area contributed by atoms with Crippen molar-refractivity contribution in [2.75, 3.05) is 6.54 Å². The van der Waals surface area contributed by atoms with Crippen LogP contribution in [0.3, 0.4) is 0 Å². The first-order chi connectivity index (χ1) is 8.56. The van der Waals surface area contributed by atoms with E-state index in [2.05, 4.69) is 55.8 Å². The molecule has 1 aromatic rings. The van der Waals surface area contributed by atoms with Crippen LogP contribution in [-0.2, 0) is 19.4 Å². The van der Waals surface area contributed by atoms with E-state index in [4.69, 9.17) is 0 Å². The standard InChI is InChI=1S/C15H29N3/c1-6-14-11-15(18(7-2)17-14)10-13(5)8-9-16-12(3)4/h11-13,16H,6-10H2,1-5H3. The number of hydrogen-bond acceptors (Lipinski definition) is 2. The maximum Gasteiger partial charge on any atom is 0.0624 e. The van der Waals surface area contributed by atoms with Gasteiger partial charge in [0.25, 0.3) is 0 Å². The van der Waals surface area contributed by atoms with Gasteiger partial charge in [0, 0.05) is 18.3 Å². The average Bonchev–Trinajstić information content (AvgIpc) is 2.70. The Bertz CT molecular complexity index is 342. The molecule has 0 bridgehead atoms. The van der Waals surface area contributed by atoms with Crippen LogP contribution in [0.1, 0.15) is 52.4 Å². The Morgan fingerprint density at radius 3 is 2.56 bits per heavy atom. The van der Waals surface area contributed by atoms with E-state index in [0.29, 0.717) is 12.0 Å². The van der Waals surface area contributed by atoms with Crippen molar-refractivity contribution >= 4 is 0 Å². The molecule has 1 N–H and O–H groups in total. The molecule has 0 fully saturated rings. The second kappa shape index (κ2) is 7.57. The van der Waals surface area contributed by atoms with Crippen LogP contribution in [0.25, 0.3) is 0 Å². The minimum Gasteiger partial charge on any atom is -0.315 e. The maximum absolute atomic E-state index is 4.61. The van der Waals surface area contributed by atoms with Gasteiger partial charge in [-0.25, -0.2) is 0 Å². The van der Waals surface area contributed by atoms with Crippen molar-refractivity contribution in [1.29, 1.82) is 0 Å². The first-order valence-electron chi connectivity index (χ1n) is 7.35. The van der Waals surface area contributed by atoms with Crippen LogP contribution in [0.5, 0.6) is 0 Å². The highest BCUT2D eigenvalue weighted by atomic mass is 15.3. The normalized spacial score (nSPS) is 13.2. The average molecular weight is 251 g/mol. The Labute approximate surface area is 112 Å². The predicted molar refractivity (Wildman–Crippen MR) is 77.9 cm³/mol. The monoisotopic (exact) mass is 251 g/mol. The summed E-state index contributed by atoms with van der Waals surface area (Å²) in [6.45, 7) is 13.2. The molecule has 104 valence electrons. The van der Waals surface area contributed by atoms with Crippen molar-refractivity contribution in [3.8, 4) is 0 Å². The fraction of sp³-hybridized carbons (Fsp3) is 0.800. The van der Waals surface area contributed by atoms with Gasteiger partial charge >= 0.3 is 0 Å². The third-order valence-electron chi connectivity index (χ3n) is 3.32. The van der Waals surface area contributed by atoms with Crippen molar-refractivity contribution in [2.24, 2.45) is 5.92 Å². The molecule has 1 atom stereocenters. The smallest absolute Gasteiger partial charge is 0.0624 e. The third-order valence-corrected chi connectivity index (χ3v) is 3.32. The van der Waals surface area contributed by atoms with Gasteiger partial charge in [-0.2, -0.15) is 5.10 Å². The van der Waals surface area contributed by atoms with Crippen LogP contribution in [0.15, 0.2) is 6.07 Å². The minimum absolute atomic E-state index is 0.588. The summed E-state index contributed by atoms with van der Waals surface area (Å²) in [6.07, 6.45) is 3.40. The molecule has 1 rings (SSSR count). The molecular formula is C15H29N3. The minimum atomic E-state index is 0.588. The molecule has 18 heavy (non-hydrogen) atoms. The second-order valence-corrected chi connectivity index (χ2v) is 5.50. The zero-order valence-electron chi connectivity index (χ0n) is 12.7. The zero-order valence-corrected chi connectivity index (χ0v) is 12.7. The summed E-state index contributed by atoms with van der Waals surface area (Å²) in [7, 11) is 0. The van der Waals surface area contributed by atoms with Crippen LogP contribution in [-0.4, -0.2) is 22.4 Å². The molecule has 0 spiro atoms. The quantitative estimate of drug-likeness (QED) is 0.769. The Morgan fingerprint density at radius 1 is 1.28 bits per heavy atom. The van der Waals surface area contributed by atoms with Gasteiger partial charge in [-0.3, -0.25) is 4.68 Å². The van der Waals surface area contributed by atoms with Gasteiger partial charge < -0.3 is 5.32 Å². The van der Waals surface area contributed by atoms with Gasteiger partial charge in [0.1, 0.15) is 0 Å². The number of nitrogens with one attached hydrogen (secondary N) is 1. The largest absolute Gasteiger partial charge is 0.315 e. The van der Waals surface area contributed by atoms with E-state index in [1.54, 1.807) is 0 Å². The van der Waals surface area contributed by atoms with Crippen molar-refractivity contribution < 1.29 is 0 Å². The molecule has 0 radical (unpaired) electrons. The molecule has 0 saturated heterocycles. The summed E-state index contributed by atoms with van der Waals surface area (Å²) in [5.74, 6) is 0.711. The SMILES string of the molecule is CCc1cc(CC(C)CCNC(C)C)n(CC)n1. The summed E-state index contributed by atoms with van der Waals surface area (Å²) in [6, 6.07) is 2.86. The van der Waals surface area contributed by atoms with Crippen molar-refractivity contribution in [3.63, 3.8) is 0 Å². The van der Waals surface area contributed by atoms with Gasteiger partial charge in [-0.05, 0) is 44.7 Å². The molecule has 0 aliphatic heterocycles. The summed E-state index contributed by atoms with van der Waals surface area (Å²) in [4.78, 5) is 0. The Hall–Kier alpha value is -0.830. The molecule has 0 saturated carbocycles. The number of aromatic nitrogens is 2. The molecule has 0 aliphatic carbocycles. The van der Waals surface area contributed by atoms with Crippen LogP contribution in [0.2, 0.25) is 0 Å². The van der Waals surface area contributed by atoms with E-state index in [1.807, 2.05) is 0 Å². The van der Waals surface area contributed by atoms with E-state index in [9.17, 15) is 0 Å². The fourth-order valence-electron chi connectivity index (χ4n) is 2.20. The number of nitrogens with zero attached hydrogens (tertiary/aromatic N) is 2. The van der Waals surface area contributed by atoms with Crippen molar-refractivity contribution in [1.82, 2.24) is 15.1 Å². The van der Waals surface area contributed by atoms with E-state index in [-0.39, 0.29) is 0 Å². The van der Waals surface area contributed by atoms with Gasteiger partial charge in [-0.15, -0.1) is 0 Å². The van der Waals surface area contributed by atoms with Crippen molar-refractivity contribution in [2.45, 2.75) is 66.5 Å². The highest BCUT2D eigenvalue weighted by Gasteiger charge is 2.10. The lowest BCUT2D eigenvalue weighted by Crippen LogP contribution is -2.25. The van der Waals surface area contributed by atoms with Gasteiger partial charge in [0.15, 0.2) is 0 Å². The molecule has 3 nitrogen and oxygen atoms in total. The number of rotatable bonds is 8. The van der Waals surface area contributed by atoms with E-state index >= 15 is 0 Å². The Morgan fingerprint density at radius 2 is 2.00 bits per heavy atom. The number of hydrogen-bond donors (Lipinski definition) is 1. The molecule has 1 aromatic heterocycles. The Balaban J connectivity index is 2.47. The molecular weight excluding hydrogens is 222 g/mol. The molecule has 1 heterocycles. The van der Waals surface area contributed by atoms with Crippen LogP contribution < -0.4 is 5.32 Å². The lowest BCUT2D eigenvalue weighted by atomic mass is 10.0. The highest BCUT2D eigenvalue weighted by Crippen LogP contribution is 2.13. The third kappa shape index (κ3) is 4.81. The Kier molecular flexibility index (Phi) is 6.41. The lowest BCUT2D eigenvalue weighted by molar-refractivity contribution is 0.461. The van der Waals surface area contributed by atoms with Crippen LogP contribution in [0.4, 0.5) is 0 Å². The van der Waals surface area contributed by atoms with Gasteiger partial charge in [0.05, 0.1) is 5.69 Å². The van der Waals surface area contributed by atoms with Crippen LogP contribution in [0, 0.1) is 5.92 Å². The topological polar surface area (TPSA) is 29.9 Å². The summed E-state index contributed by atoms with van der Waals surface area (Å²) in [5.41, 5.74) is 2.62. The fourth-order valence-corrected chi connectivity index (χ4v) is 2.20. The molecule has 0 amide bonds. The molecule has 1 unspecified atom stereocenters. The second-order valence-electron chi connectivity index (χ2n) is 5.50. The zero-order chi connectivity index (χ0) is 13.5. The summed E-state index contributed by atoms with van der Waals surface area (Å²) >= 11 is 0. The first-order valence-corrected chi connectivity index (χ1v) is 7.35. The summed E-state index contributed by atoms with van der Waals surface area (Å²) < 4.78 is 2.16. The maximum atomic E-state index is 4.61. The molecule has 0 aliphatic rings.